The smallest absolute Gasteiger partial charge is 0.336 e. The van der Waals surface area contributed by atoms with E-state index in [9.17, 15) is 9.90 Å². The highest BCUT2D eigenvalue weighted by Crippen LogP contribution is 2.29. The molecule has 1 N–H and O–H groups in total. The van der Waals surface area contributed by atoms with E-state index in [0.717, 1.165) is 10.0 Å². The fourth-order valence-electron chi connectivity index (χ4n) is 2.07. The first-order chi connectivity index (χ1) is 9.66. The van der Waals surface area contributed by atoms with Gasteiger partial charge < -0.3 is 5.11 Å². The second kappa shape index (κ2) is 5.02. The van der Waals surface area contributed by atoms with E-state index in [1.54, 1.807) is 36.7 Å². The van der Waals surface area contributed by atoms with Gasteiger partial charge in [-0.3, -0.25) is 4.98 Å². The van der Waals surface area contributed by atoms with Crippen LogP contribution in [0.5, 0.6) is 0 Å². The van der Waals surface area contributed by atoms with Gasteiger partial charge in [0.05, 0.1) is 16.8 Å². The Morgan fingerprint density at radius 3 is 2.75 bits per heavy atom. The third-order valence-electron chi connectivity index (χ3n) is 2.97. The largest absolute Gasteiger partial charge is 0.478 e. The van der Waals surface area contributed by atoms with Gasteiger partial charge in [0.25, 0.3) is 0 Å². The molecule has 0 saturated heterocycles. The van der Waals surface area contributed by atoms with Gasteiger partial charge in [-0.15, -0.1) is 0 Å². The third kappa shape index (κ3) is 2.16. The molecule has 0 radical (unpaired) electrons. The lowest BCUT2D eigenvalue weighted by Gasteiger charge is -2.08. The maximum absolute atomic E-state index is 11.5. The van der Waals surface area contributed by atoms with Gasteiger partial charge in [0, 0.05) is 27.8 Å². The summed E-state index contributed by atoms with van der Waals surface area (Å²) in [5.41, 5.74) is 2.25. The highest BCUT2D eigenvalue weighted by atomic mass is 79.9. The molecule has 2 heterocycles. The standard InChI is InChI=1S/C15H9BrN2O2/c16-11-4-1-5-12-14(11)10(15(19)20)7-13(18-12)9-3-2-6-17-8-9/h1-8H,(H,19,20). The van der Waals surface area contributed by atoms with Crippen LogP contribution in [0.3, 0.4) is 0 Å². The van der Waals surface area contributed by atoms with Gasteiger partial charge in [-0.2, -0.15) is 0 Å². The van der Waals surface area contributed by atoms with Gasteiger partial charge in [0.2, 0.25) is 0 Å². The minimum absolute atomic E-state index is 0.223. The van der Waals surface area contributed by atoms with Crippen LogP contribution in [0, 0.1) is 0 Å². The maximum Gasteiger partial charge on any atom is 0.336 e. The summed E-state index contributed by atoms with van der Waals surface area (Å²) >= 11 is 3.38. The number of carboxylic acids is 1. The van der Waals surface area contributed by atoms with Crippen molar-refractivity contribution < 1.29 is 9.90 Å². The van der Waals surface area contributed by atoms with Crippen LogP contribution in [0.1, 0.15) is 10.4 Å². The number of pyridine rings is 2. The summed E-state index contributed by atoms with van der Waals surface area (Å²) in [6, 6.07) is 10.7. The van der Waals surface area contributed by atoms with Crippen LogP contribution in [-0.4, -0.2) is 21.0 Å². The second-order valence-electron chi connectivity index (χ2n) is 4.24. The normalized spacial score (nSPS) is 10.7. The third-order valence-corrected chi connectivity index (χ3v) is 3.63. The van der Waals surface area contributed by atoms with Crippen LogP contribution in [0.15, 0.2) is 53.3 Å². The molecule has 0 amide bonds. The molecule has 0 saturated carbocycles. The lowest BCUT2D eigenvalue weighted by Crippen LogP contribution is -2.01. The number of aromatic carboxylic acids is 1. The van der Waals surface area contributed by atoms with Crippen LogP contribution < -0.4 is 0 Å². The summed E-state index contributed by atoms with van der Waals surface area (Å²) in [5, 5.41) is 10.0. The van der Waals surface area contributed by atoms with Crippen molar-refractivity contribution in [1.29, 1.82) is 0 Å². The molecular weight excluding hydrogens is 320 g/mol. The molecule has 0 fully saturated rings. The Balaban J connectivity index is 2.35. The number of rotatable bonds is 2. The molecule has 5 heteroatoms. The highest BCUT2D eigenvalue weighted by molar-refractivity contribution is 9.10. The molecule has 2 aromatic heterocycles. The van der Waals surface area contributed by atoms with E-state index >= 15 is 0 Å². The van der Waals surface area contributed by atoms with Gasteiger partial charge in [-0.25, -0.2) is 9.78 Å². The van der Waals surface area contributed by atoms with Crippen molar-refractivity contribution in [2.24, 2.45) is 0 Å². The zero-order chi connectivity index (χ0) is 14.1. The van der Waals surface area contributed by atoms with Crippen LogP contribution in [0.2, 0.25) is 0 Å². The fourth-order valence-corrected chi connectivity index (χ4v) is 2.64. The second-order valence-corrected chi connectivity index (χ2v) is 5.09. The van der Waals surface area contributed by atoms with Crippen molar-refractivity contribution >= 4 is 32.8 Å². The van der Waals surface area contributed by atoms with Crippen molar-refractivity contribution in [2.45, 2.75) is 0 Å². The number of halogens is 1. The molecular formula is C15H9BrN2O2. The molecule has 0 aliphatic carbocycles. The van der Waals surface area contributed by atoms with Gasteiger partial charge >= 0.3 is 5.97 Å². The van der Waals surface area contributed by atoms with Gasteiger partial charge in [0.15, 0.2) is 0 Å². The summed E-state index contributed by atoms with van der Waals surface area (Å²) in [6.07, 6.45) is 3.33. The molecule has 0 unspecified atom stereocenters. The molecule has 3 aromatic rings. The number of aromatic nitrogens is 2. The number of carbonyl (C=O) groups is 1. The van der Waals surface area contributed by atoms with E-state index in [1.807, 2.05) is 12.1 Å². The molecule has 0 spiro atoms. The minimum atomic E-state index is -0.977. The fraction of sp³-hybridized carbons (Fsp3) is 0. The van der Waals surface area contributed by atoms with E-state index in [2.05, 4.69) is 25.9 Å². The minimum Gasteiger partial charge on any atom is -0.478 e. The predicted octanol–water partition coefficient (Wildman–Crippen LogP) is 3.76. The molecule has 4 nitrogen and oxygen atoms in total. The van der Waals surface area contributed by atoms with Gasteiger partial charge in [-0.05, 0) is 30.3 Å². The Morgan fingerprint density at radius 1 is 1.20 bits per heavy atom. The number of fused-ring (bicyclic) bond motifs is 1. The molecule has 98 valence electrons. The molecule has 0 bridgehead atoms. The van der Waals surface area contributed by atoms with E-state index in [1.165, 1.54) is 0 Å². The van der Waals surface area contributed by atoms with Crippen molar-refractivity contribution in [3.8, 4) is 11.3 Å². The summed E-state index contributed by atoms with van der Waals surface area (Å²) in [5.74, 6) is -0.977. The Hall–Kier alpha value is -2.27. The number of carboxylic acid groups (broad SMARTS) is 1. The first-order valence-electron chi connectivity index (χ1n) is 5.90. The maximum atomic E-state index is 11.5. The SMILES string of the molecule is O=C(O)c1cc(-c2cccnc2)nc2cccc(Br)c12. The summed E-state index contributed by atoms with van der Waals surface area (Å²) in [4.78, 5) is 20.0. The monoisotopic (exact) mass is 328 g/mol. The van der Waals surface area contributed by atoms with Crippen molar-refractivity contribution in [3.63, 3.8) is 0 Å². The van der Waals surface area contributed by atoms with Crippen LogP contribution in [0.25, 0.3) is 22.2 Å². The molecule has 0 aliphatic rings. The summed E-state index contributed by atoms with van der Waals surface area (Å²) in [6.45, 7) is 0. The van der Waals surface area contributed by atoms with E-state index < -0.39 is 5.97 Å². The van der Waals surface area contributed by atoms with Crippen molar-refractivity contribution in [2.75, 3.05) is 0 Å². The van der Waals surface area contributed by atoms with Crippen LogP contribution >= 0.6 is 15.9 Å². The first-order valence-corrected chi connectivity index (χ1v) is 6.69. The zero-order valence-electron chi connectivity index (χ0n) is 10.2. The number of benzene rings is 1. The highest BCUT2D eigenvalue weighted by Gasteiger charge is 2.15. The zero-order valence-corrected chi connectivity index (χ0v) is 11.8. The lowest BCUT2D eigenvalue weighted by molar-refractivity contribution is 0.0699. The first kappa shape index (κ1) is 12.7. The average molecular weight is 329 g/mol. The lowest BCUT2D eigenvalue weighted by atomic mass is 10.1. The Morgan fingerprint density at radius 2 is 2.05 bits per heavy atom. The Labute approximate surface area is 123 Å². The van der Waals surface area contributed by atoms with Gasteiger partial charge in [-0.1, -0.05) is 22.0 Å². The molecule has 1 aromatic carbocycles. The average Bonchev–Trinajstić information content (AvgIpc) is 2.47. The summed E-state index contributed by atoms with van der Waals surface area (Å²) < 4.78 is 0.720. The number of nitrogens with zero attached hydrogens (tertiary/aromatic N) is 2. The topological polar surface area (TPSA) is 63.1 Å². The van der Waals surface area contributed by atoms with E-state index in [4.69, 9.17) is 0 Å². The summed E-state index contributed by atoms with van der Waals surface area (Å²) in [7, 11) is 0. The van der Waals surface area contributed by atoms with E-state index in [-0.39, 0.29) is 5.56 Å². The predicted molar refractivity (Wildman–Crippen MR) is 79.6 cm³/mol. The van der Waals surface area contributed by atoms with Crippen molar-refractivity contribution in [1.82, 2.24) is 9.97 Å². The van der Waals surface area contributed by atoms with Gasteiger partial charge in [0.1, 0.15) is 0 Å². The molecule has 0 aliphatic heterocycles. The molecule has 3 rings (SSSR count). The van der Waals surface area contributed by atoms with E-state index in [0.29, 0.717) is 16.6 Å². The Kier molecular flexibility index (Phi) is 3.20. The van der Waals surface area contributed by atoms with Crippen molar-refractivity contribution in [3.05, 3.63) is 58.8 Å². The molecule has 0 atom stereocenters. The Bertz CT molecular complexity index is 804. The quantitative estimate of drug-likeness (QED) is 0.778. The van der Waals surface area contributed by atoms with Crippen LogP contribution in [0.4, 0.5) is 0 Å². The van der Waals surface area contributed by atoms with Crippen LogP contribution in [-0.2, 0) is 0 Å². The molecule has 20 heavy (non-hydrogen) atoms. The number of hydrogen-bond donors (Lipinski definition) is 1. The number of hydrogen-bond acceptors (Lipinski definition) is 3.